The van der Waals surface area contributed by atoms with E-state index in [1.165, 1.54) is 12.1 Å². The van der Waals surface area contributed by atoms with E-state index in [9.17, 15) is 18.3 Å². The number of ether oxygens (including phenoxy) is 2. The van der Waals surface area contributed by atoms with Gasteiger partial charge in [0.25, 0.3) is 0 Å². The van der Waals surface area contributed by atoms with E-state index < -0.39 is 17.2 Å². The molecule has 1 aliphatic rings. The van der Waals surface area contributed by atoms with Crippen molar-refractivity contribution in [2.75, 3.05) is 33.9 Å². The number of methoxy groups -OCH3 is 2. The molecule has 2 aromatic rings. The van der Waals surface area contributed by atoms with Crippen molar-refractivity contribution in [1.29, 1.82) is 0 Å². The molecule has 0 saturated carbocycles. The summed E-state index contributed by atoms with van der Waals surface area (Å²) in [5, 5.41) is 10.1. The van der Waals surface area contributed by atoms with Crippen LogP contribution < -0.4 is 9.47 Å². The molecule has 0 atom stereocenters. The van der Waals surface area contributed by atoms with E-state index in [0.717, 1.165) is 23.1 Å². The number of nitrogens with zero attached hydrogens (tertiary/aromatic N) is 1. The number of aliphatic hydroxyl groups is 1. The van der Waals surface area contributed by atoms with E-state index in [0.29, 0.717) is 32.5 Å². The van der Waals surface area contributed by atoms with E-state index in [2.05, 4.69) is 4.90 Å². The highest BCUT2D eigenvalue weighted by atomic mass is 19.4. The maximum Gasteiger partial charge on any atom is 0.416 e. The molecule has 0 spiro atoms. The minimum Gasteiger partial charge on any atom is -0.497 e. The molecule has 1 saturated heterocycles. The molecule has 3 rings (SSSR count). The van der Waals surface area contributed by atoms with Gasteiger partial charge in [0.15, 0.2) is 0 Å². The van der Waals surface area contributed by atoms with Gasteiger partial charge in [0.05, 0.1) is 19.8 Å². The molecule has 0 aliphatic carbocycles. The molecule has 1 N–H and O–H groups in total. The van der Waals surface area contributed by atoms with E-state index in [-0.39, 0.29) is 18.6 Å². The molecule has 0 radical (unpaired) electrons. The number of halogens is 3. The van der Waals surface area contributed by atoms with Crippen LogP contribution in [0.15, 0.2) is 42.5 Å². The molecule has 4 nitrogen and oxygen atoms in total. The van der Waals surface area contributed by atoms with Crippen LogP contribution in [0.5, 0.6) is 11.5 Å². The van der Waals surface area contributed by atoms with Gasteiger partial charge in [-0.25, -0.2) is 0 Å². The molecule has 164 valence electrons. The number of aliphatic hydroxyl groups excluding tert-OH is 1. The zero-order chi connectivity index (χ0) is 21.8. The summed E-state index contributed by atoms with van der Waals surface area (Å²) in [5.74, 6) is 1.46. The second-order valence-electron chi connectivity index (χ2n) is 7.94. The smallest absolute Gasteiger partial charge is 0.416 e. The first kappa shape index (κ1) is 22.4. The monoisotopic (exact) mass is 423 g/mol. The maximum absolute atomic E-state index is 13.4. The first-order valence-electron chi connectivity index (χ1n) is 9.99. The predicted octanol–water partition coefficient (Wildman–Crippen LogP) is 4.54. The van der Waals surface area contributed by atoms with Gasteiger partial charge >= 0.3 is 6.18 Å². The summed E-state index contributed by atoms with van der Waals surface area (Å²) in [6, 6.07) is 11.4. The fourth-order valence-electron chi connectivity index (χ4n) is 4.15. The Morgan fingerprint density at radius 3 is 2.30 bits per heavy atom. The van der Waals surface area contributed by atoms with Crippen molar-refractivity contribution in [2.24, 2.45) is 5.41 Å². The van der Waals surface area contributed by atoms with Crippen molar-refractivity contribution in [3.63, 3.8) is 0 Å². The molecular weight excluding hydrogens is 395 g/mol. The highest BCUT2D eigenvalue weighted by Crippen LogP contribution is 2.40. The average Bonchev–Trinajstić information content (AvgIpc) is 2.75. The molecule has 0 amide bonds. The number of piperidine rings is 1. The van der Waals surface area contributed by atoms with Crippen molar-refractivity contribution >= 4 is 0 Å². The molecule has 0 aromatic heterocycles. The van der Waals surface area contributed by atoms with Gasteiger partial charge in [-0.05, 0) is 55.5 Å². The molecular formula is C23H28F3NO3. The van der Waals surface area contributed by atoms with Gasteiger partial charge in [-0.1, -0.05) is 24.3 Å². The molecule has 0 unspecified atom stereocenters. The summed E-state index contributed by atoms with van der Waals surface area (Å²) >= 11 is 0. The highest BCUT2D eigenvalue weighted by molar-refractivity contribution is 5.40. The van der Waals surface area contributed by atoms with E-state index >= 15 is 0 Å². The largest absolute Gasteiger partial charge is 0.497 e. The Hall–Kier alpha value is -2.25. The first-order chi connectivity index (χ1) is 14.3. The van der Waals surface area contributed by atoms with Crippen LogP contribution in [0.2, 0.25) is 0 Å². The molecule has 7 heteroatoms. The van der Waals surface area contributed by atoms with Crippen molar-refractivity contribution in [3.05, 3.63) is 59.2 Å². The topological polar surface area (TPSA) is 41.9 Å². The zero-order valence-electron chi connectivity index (χ0n) is 17.3. The van der Waals surface area contributed by atoms with Crippen LogP contribution in [-0.4, -0.2) is 43.9 Å². The Kier molecular flexibility index (Phi) is 6.93. The quantitative estimate of drug-likeness (QED) is 0.710. The van der Waals surface area contributed by atoms with Crippen molar-refractivity contribution in [1.82, 2.24) is 4.90 Å². The molecule has 30 heavy (non-hydrogen) atoms. The van der Waals surface area contributed by atoms with Crippen LogP contribution in [0.1, 0.15) is 29.5 Å². The van der Waals surface area contributed by atoms with Gasteiger partial charge in [-0.15, -0.1) is 0 Å². The number of rotatable bonds is 7. The summed E-state index contributed by atoms with van der Waals surface area (Å²) in [4.78, 5) is 2.24. The molecule has 2 aromatic carbocycles. The van der Waals surface area contributed by atoms with Crippen LogP contribution in [0, 0.1) is 5.41 Å². The Balaban J connectivity index is 1.69. The Morgan fingerprint density at radius 1 is 1.00 bits per heavy atom. The Labute approximate surface area is 175 Å². The summed E-state index contributed by atoms with van der Waals surface area (Å²) in [7, 11) is 3.22. The standard InChI is InChI=1S/C23H28F3NO3/c1-29-19-8-7-18(21(13-19)30-2)15-27-11-9-22(16-28,10-12-27)14-17-5-3-4-6-20(17)23(24,25)26/h3-8,13,28H,9-12,14-16H2,1-2H3. The summed E-state index contributed by atoms with van der Waals surface area (Å²) in [6.07, 6.45) is -2.90. The second kappa shape index (κ2) is 9.27. The zero-order valence-corrected chi connectivity index (χ0v) is 17.3. The normalized spacial score (nSPS) is 17.0. The lowest BCUT2D eigenvalue weighted by Crippen LogP contribution is -2.43. The van der Waals surface area contributed by atoms with E-state index in [4.69, 9.17) is 9.47 Å². The third kappa shape index (κ3) is 5.08. The van der Waals surface area contributed by atoms with Crippen molar-refractivity contribution < 1.29 is 27.8 Å². The molecule has 1 aliphatic heterocycles. The average molecular weight is 423 g/mol. The summed E-state index contributed by atoms with van der Waals surface area (Å²) in [6.45, 7) is 1.94. The van der Waals surface area contributed by atoms with Crippen molar-refractivity contribution in [2.45, 2.75) is 32.0 Å². The lowest BCUT2D eigenvalue weighted by atomic mass is 9.73. The molecule has 1 heterocycles. The van der Waals surface area contributed by atoms with Gasteiger partial charge in [-0.3, -0.25) is 4.90 Å². The summed E-state index contributed by atoms with van der Waals surface area (Å²) in [5.41, 5.74) is 0.131. The van der Waals surface area contributed by atoms with Gasteiger partial charge < -0.3 is 14.6 Å². The highest BCUT2D eigenvalue weighted by Gasteiger charge is 2.38. The van der Waals surface area contributed by atoms with Crippen LogP contribution >= 0.6 is 0 Å². The minimum atomic E-state index is -4.39. The predicted molar refractivity (Wildman–Crippen MR) is 109 cm³/mol. The number of hydrogen-bond acceptors (Lipinski definition) is 4. The van der Waals surface area contributed by atoms with Gasteiger partial charge in [-0.2, -0.15) is 13.2 Å². The third-order valence-electron chi connectivity index (χ3n) is 6.03. The van der Waals surface area contributed by atoms with Gasteiger partial charge in [0.1, 0.15) is 11.5 Å². The number of likely N-dealkylation sites (tertiary alicyclic amines) is 1. The molecule has 1 fully saturated rings. The lowest BCUT2D eigenvalue weighted by molar-refractivity contribution is -0.138. The Morgan fingerprint density at radius 2 is 1.70 bits per heavy atom. The Bertz CT molecular complexity index is 846. The van der Waals surface area contributed by atoms with E-state index in [1.807, 2.05) is 18.2 Å². The lowest BCUT2D eigenvalue weighted by Gasteiger charge is -2.41. The number of alkyl halides is 3. The van der Waals surface area contributed by atoms with Gasteiger partial charge in [0.2, 0.25) is 0 Å². The number of benzene rings is 2. The van der Waals surface area contributed by atoms with Crippen LogP contribution in [-0.2, 0) is 19.1 Å². The third-order valence-corrected chi connectivity index (χ3v) is 6.03. The van der Waals surface area contributed by atoms with Crippen LogP contribution in [0.4, 0.5) is 13.2 Å². The van der Waals surface area contributed by atoms with E-state index in [1.54, 1.807) is 20.3 Å². The SMILES string of the molecule is COc1ccc(CN2CCC(CO)(Cc3ccccc3C(F)(F)F)CC2)c(OC)c1. The minimum absolute atomic E-state index is 0.126. The number of hydrogen-bond donors (Lipinski definition) is 1. The first-order valence-corrected chi connectivity index (χ1v) is 9.99. The summed E-state index contributed by atoms with van der Waals surface area (Å²) < 4.78 is 50.8. The second-order valence-corrected chi connectivity index (χ2v) is 7.94. The molecule has 0 bridgehead atoms. The van der Waals surface area contributed by atoms with Crippen LogP contribution in [0.25, 0.3) is 0 Å². The van der Waals surface area contributed by atoms with Crippen LogP contribution in [0.3, 0.4) is 0 Å². The fraction of sp³-hybridized carbons (Fsp3) is 0.478. The van der Waals surface area contributed by atoms with Crippen molar-refractivity contribution in [3.8, 4) is 11.5 Å². The van der Waals surface area contributed by atoms with Gasteiger partial charge in [0, 0.05) is 24.8 Å². The fourth-order valence-corrected chi connectivity index (χ4v) is 4.15. The maximum atomic E-state index is 13.4.